The van der Waals surface area contributed by atoms with Crippen molar-refractivity contribution in [3.05, 3.63) is 58.1 Å². The zero-order valence-electron chi connectivity index (χ0n) is 12.6. The maximum atomic E-state index is 13.8. The van der Waals surface area contributed by atoms with E-state index in [0.29, 0.717) is 23.2 Å². The van der Waals surface area contributed by atoms with E-state index in [1.54, 1.807) is 6.92 Å². The molecule has 3 N–H and O–H groups in total. The van der Waals surface area contributed by atoms with Gasteiger partial charge in [-0.3, -0.25) is 5.10 Å². The number of aromatic amines is 1. The first-order chi connectivity index (χ1) is 11.0. The second kappa shape index (κ2) is 5.09. The molecule has 1 aliphatic rings. The van der Waals surface area contributed by atoms with Crippen molar-refractivity contribution in [3.8, 4) is 11.9 Å². The van der Waals surface area contributed by atoms with Crippen LogP contribution in [-0.2, 0) is 5.41 Å². The minimum Gasteiger partial charge on any atom is -0.420 e. The van der Waals surface area contributed by atoms with Crippen LogP contribution < -0.4 is 10.5 Å². The van der Waals surface area contributed by atoms with Crippen LogP contribution in [0.5, 0.6) is 5.88 Å². The number of halogens is 2. The van der Waals surface area contributed by atoms with Crippen molar-refractivity contribution in [2.24, 2.45) is 5.73 Å². The highest BCUT2D eigenvalue weighted by Crippen LogP contribution is 2.50. The van der Waals surface area contributed by atoms with E-state index in [1.165, 1.54) is 6.07 Å². The van der Waals surface area contributed by atoms with Crippen LogP contribution in [0.4, 0.5) is 8.78 Å². The average molecular weight is 316 g/mol. The van der Waals surface area contributed by atoms with Gasteiger partial charge in [0.1, 0.15) is 11.6 Å². The predicted molar refractivity (Wildman–Crippen MR) is 78.2 cm³/mol. The Kier molecular flexibility index (Phi) is 3.33. The minimum absolute atomic E-state index is 0.0851. The van der Waals surface area contributed by atoms with Gasteiger partial charge in [0.15, 0.2) is 11.6 Å². The van der Waals surface area contributed by atoms with E-state index < -0.39 is 17.0 Å². The minimum atomic E-state index is -1.04. The lowest BCUT2D eigenvalue weighted by Crippen LogP contribution is -2.36. The molecule has 2 heterocycles. The van der Waals surface area contributed by atoms with E-state index >= 15 is 0 Å². The standard InChI is InChI=1S/C16H14F2N4O/c1-3-16(9-4-5-11(17)12(18)6-9)10(7-19)14(20)23-15-13(16)8(2)21-22-15/h4-6H,3,20H2,1-2H3,(H,21,22). The molecule has 0 saturated carbocycles. The number of H-pyrrole nitrogens is 1. The Morgan fingerprint density at radius 3 is 2.74 bits per heavy atom. The van der Waals surface area contributed by atoms with Crippen molar-refractivity contribution in [3.63, 3.8) is 0 Å². The summed E-state index contributed by atoms with van der Waals surface area (Å²) in [6, 6.07) is 5.64. The summed E-state index contributed by atoms with van der Waals surface area (Å²) in [5.41, 5.74) is 6.70. The Hall–Kier alpha value is -2.88. The van der Waals surface area contributed by atoms with Crippen molar-refractivity contribution < 1.29 is 13.5 Å². The number of hydrogen-bond acceptors (Lipinski definition) is 4. The monoisotopic (exact) mass is 316 g/mol. The second-order valence-electron chi connectivity index (χ2n) is 5.37. The Morgan fingerprint density at radius 1 is 1.39 bits per heavy atom. The lowest BCUT2D eigenvalue weighted by molar-refractivity contribution is 0.352. The molecule has 1 atom stereocenters. The Labute approximate surface area is 131 Å². The van der Waals surface area contributed by atoms with Crippen molar-refractivity contribution >= 4 is 0 Å². The highest BCUT2D eigenvalue weighted by atomic mass is 19.2. The van der Waals surface area contributed by atoms with Crippen LogP contribution in [0.3, 0.4) is 0 Å². The number of nitrogens with two attached hydrogens (primary N) is 1. The molecule has 0 radical (unpaired) electrons. The van der Waals surface area contributed by atoms with Gasteiger partial charge in [-0.15, -0.1) is 5.10 Å². The second-order valence-corrected chi connectivity index (χ2v) is 5.37. The average Bonchev–Trinajstić information content (AvgIpc) is 2.90. The quantitative estimate of drug-likeness (QED) is 0.892. The Morgan fingerprint density at radius 2 is 2.13 bits per heavy atom. The number of ether oxygens (including phenoxy) is 1. The molecule has 1 aromatic carbocycles. The number of aromatic nitrogens is 2. The molecule has 0 fully saturated rings. The van der Waals surface area contributed by atoms with Crippen molar-refractivity contribution in [1.29, 1.82) is 5.26 Å². The van der Waals surface area contributed by atoms with Crippen molar-refractivity contribution in [2.75, 3.05) is 0 Å². The van der Waals surface area contributed by atoms with Crippen molar-refractivity contribution in [1.82, 2.24) is 10.2 Å². The number of allylic oxidation sites excluding steroid dienone is 1. The summed E-state index contributed by atoms with van der Waals surface area (Å²) in [5.74, 6) is -1.78. The fraction of sp³-hybridized carbons (Fsp3) is 0.250. The number of nitriles is 1. The third kappa shape index (κ3) is 1.91. The van der Waals surface area contributed by atoms with Gasteiger partial charge in [0.2, 0.25) is 11.8 Å². The zero-order chi connectivity index (χ0) is 16.8. The Bertz CT molecular complexity index is 865. The summed E-state index contributed by atoms with van der Waals surface area (Å²) in [6.07, 6.45) is 0.401. The topological polar surface area (TPSA) is 87.7 Å². The molecule has 5 nitrogen and oxygen atoms in total. The van der Waals surface area contributed by atoms with E-state index in [-0.39, 0.29) is 17.3 Å². The van der Waals surface area contributed by atoms with Gasteiger partial charge in [-0.05, 0) is 31.0 Å². The first-order valence-corrected chi connectivity index (χ1v) is 7.04. The molecule has 23 heavy (non-hydrogen) atoms. The van der Waals surface area contributed by atoms with Gasteiger partial charge in [0, 0.05) is 5.69 Å². The van der Waals surface area contributed by atoms with Gasteiger partial charge in [0.05, 0.1) is 11.0 Å². The molecule has 7 heteroatoms. The van der Waals surface area contributed by atoms with Gasteiger partial charge in [0.25, 0.3) is 0 Å². The van der Waals surface area contributed by atoms with Gasteiger partial charge in [-0.25, -0.2) is 8.78 Å². The van der Waals surface area contributed by atoms with Crippen molar-refractivity contribution in [2.45, 2.75) is 25.7 Å². The summed E-state index contributed by atoms with van der Waals surface area (Å²) >= 11 is 0. The molecule has 1 unspecified atom stereocenters. The molecule has 0 bridgehead atoms. The van der Waals surface area contributed by atoms with E-state index in [9.17, 15) is 14.0 Å². The van der Waals surface area contributed by atoms with Crippen LogP contribution in [0, 0.1) is 29.9 Å². The number of nitrogens with zero attached hydrogens (tertiary/aromatic N) is 2. The normalized spacial score (nSPS) is 20.0. The van der Waals surface area contributed by atoms with Crippen LogP contribution in [0.15, 0.2) is 29.7 Å². The number of aryl methyl sites for hydroxylation is 1. The zero-order valence-corrected chi connectivity index (χ0v) is 12.6. The SMILES string of the molecule is CCC1(c2ccc(F)c(F)c2)C(C#N)=C(N)Oc2n[nH]c(C)c21. The molecule has 1 aromatic heterocycles. The first kappa shape index (κ1) is 15.0. The van der Waals surface area contributed by atoms with Crippen LogP contribution >= 0.6 is 0 Å². The van der Waals surface area contributed by atoms with Gasteiger partial charge >= 0.3 is 0 Å². The predicted octanol–water partition coefficient (Wildman–Crippen LogP) is 2.78. The lowest BCUT2D eigenvalue weighted by Gasteiger charge is -2.36. The lowest BCUT2D eigenvalue weighted by atomic mass is 9.66. The molecule has 118 valence electrons. The highest BCUT2D eigenvalue weighted by molar-refractivity contribution is 5.60. The number of hydrogen-bond donors (Lipinski definition) is 2. The summed E-state index contributed by atoms with van der Waals surface area (Å²) < 4.78 is 32.6. The number of rotatable bonds is 2. The van der Waals surface area contributed by atoms with E-state index in [2.05, 4.69) is 16.3 Å². The molecule has 0 amide bonds. The molecule has 1 aliphatic heterocycles. The van der Waals surface area contributed by atoms with Crippen LogP contribution in [-0.4, -0.2) is 10.2 Å². The summed E-state index contributed by atoms with van der Waals surface area (Å²) in [7, 11) is 0. The third-order valence-corrected chi connectivity index (χ3v) is 4.28. The number of nitrogens with one attached hydrogen (secondary N) is 1. The van der Waals surface area contributed by atoms with E-state index in [1.807, 2.05) is 6.92 Å². The Balaban J connectivity index is 2.40. The van der Waals surface area contributed by atoms with E-state index in [0.717, 1.165) is 12.1 Å². The molecule has 0 spiro atoms. The van der Waals surface area contributed by atoms with Gasteiger partial charge in [-0.2, -0.15) is 5.26 Å². The third-order valence-electron chi connectivity index (χ3n) is 4.28. The molecule has 2 aromatic rings. The fourth-order valence-electron chi connectivity index (χ4n) is 3.23. The van der Waals surface area contributed by atoms with Gasteiger partial charge < -0.3 is 10.5 Å². The maximum Gasteiger partial charge on any atom is 0.244 e. The molecular formula is C16H14F2N4O. The van der Waals surface area contributed by atoms with Crippen LogP contribution in [0.1, 0.15) is 30.2 Å². The van der Waals surface area contributed by atoms with Crippen LogP contribution in [0.25, 0.3) is 0 Å². The molecule has 0 saturated heterocycles. The maximum absolute atomic E-state index is 13.8. The molecule has 3 rings (SSSR count). The largest absolute Gasteiger partial charge is 0.420 e. The van der Waals surface area contributed by atoms with E-state index in [4.69, 9.17) is 10.5 Å². The smallest absolute Gasteiger partial charge is 0.244 e. The van der Waals surface area contributed by atoms with Crippen LogP contribution in [0.2, 0.25) is 0 Å². The molecule has 0 aliphatic carbocycles. The summed E-state index contributed by atoms with van der Waals surface area (Å²) in [4.78, 5) is 0. The number of fused-ring (bicyclic) bond motifs is 1. The molecular weight excluding hydrogens is 302 g/mol. The summed E-state index contributed by atoms with van der Waals surface area (Å²) in [5, 5.41) is 16.4. The first-order valence-electron chi connectivity index (χ1n) is 7.04. The summed E-state index contributed by atoms with van der Waals surface area (Å²) in [6.45, 7) is 3.61. The fourth-order valence-corrected chi connectivity index (χ4v) is 3.23. The number of benzene rings is 1. The van der Waals surface area contributed by atoms with Gasteiger partial charge in [-0.1, -0.05) is 13.0 Å². The highest BCUT2D eigenvalue weighted by Gasteiger charge is 2.47.